The third kappa shape index (κ3) is 3.69. The first-order valence-electron chi connectivity index (χ1n) is 7.72. The van der Waals surface area contributed by atoms with Gasteiger partial charge in [-0.2, -0.15) is 0 Å². The van der Waals surface area contributed by atoms with Gasteiger partial charge in [0.15, 0.2) is 0 Å². The zero-order valence-electron chi connectivity index (χ0n) is 12.6. The lowest BCUT2D eigenvalue weighted by molar-refractivity contribution is -0.140. The van der Waals surface area contributed by atoms with Crippen LogP contribution < -0.4 is 0 Å². The molecule has 110 valence electrons. The van der Waals surface area contributed by atoms with Crippen LogP contribution in [0.4, 0.5) is 0 Å². The summed E-state index contributed by atoms with van der Waals surface area (Å²) in [5, 5.41) is 0. The van der Waals surface area contributed by atoms with Gasteiger partial charge in [-0.25, -0.2) is 0 Å². The van der Waals surface area contributed by atoms with Gasteiger partial charge in [-0.05, 0) is 26.7 Å². The second-order valence-corrected chi connectivity index (χ2v) is 6.09. The molecule has 19 heavy (non-hydrogen) atoms. The van der Waals surface area contributed by atoms with Crippen molar-refractivity contribution >= 4 is 5.91 Å². The Morgan fingerprint density at radius 1 is 1.32 bits per heavy atom. The number of likely N-dealkylation sites (N-methyl/N-ethyl adjacent to an activating group) is 1. The fraction of sp³-hybridized carbons (Fsp3) is 0.933. The van der Waals surface area contributed by atoms with E-state index in [1.54, 1.807) is 0 Å². The summed E-state index contributed by atoms with van der Waals surface area (Å²) in [7, 11) is 1.98. The molecular formula is C15H28N2O2. The highest BCUT2D eigenvalue weighted by Crippen LogP contribution is 2.23. The minimum Gasteiger partial charge on any atom is -0.376 e. The van der Waals surface area contributed by atoms with E-state index in [2.05, 4.69) is 11.8 Å². The van der Waals surface area contributed by atoms with Crippen LogP contribution in [0.2, 0.25) is 0 Å². The Balaban J connectivity index is 1.89. The maximum absolute atomic E-state index is 12.6. The molecular weight excluding hydrogens is 240 g/mol. The van der Waals surface area contributed by atoms with E-state index in [9.17, 15) is 4.79 Å². The summed E-state index contributed by atoms with van der Waals surface area (Å²) in [6.45, 7) is 6.60. The highest BCUT2D eigenvalue weighted by Gasteiger charge is 2.30. The summed E-state index contributed by atoms with van der Waals surface area (Å²) in [6, 6.07) is 0.445. The number of ether oxygens (including phenoxy) is 1. The average molecular weight is 268 g/mol. The van der Waals surface area contributed by atoms with Gasteiger partial charge in [-0.15, -0.1) is 0 Å². The van der Waals surface area contributed by atoms with Crippen LogP contribution in [-0.2, 0) is 9.53 Å². The predicted octanol–water partition coefficient (Wildman–Crippen LogP) is 1.89. The number of morpholine rings is 1. The number of carbonyl (C=O) groups is 1. The molecule has 1 saturated carbocycles. The van der Waals surface area contributed by atoms with Crippen molar-refractivity contribution in [2.45, 2.75) is 64.1 Å². The summed E-state index contributed by atoms with van der Waals surface area (Å²) < 4.78 is 5.55. The Hall–Kier alpha value is -0.610. The largest absolute Gasteiger partial charge is 0.376 e. The molecule has 0 radical (unpaired) electrons. The van der Waals surface area contributed by atoms with Gasteiger partial charge in [0.05, 0.1) is 18.8 Å². The molecule has 0 aromatic rings. The van der Waals surface area contributed by atoms with Gasteiger partial charge >= 0.3 is 0 Å². The van der Waals surface area contributed by atoms with Gasteiger partial charge in [0.25, 0.3) is 0 Å². The number of hydrogen-bond acceptors (Lipinski definition) is 3. The van der Waals surface area contributed by atoms with E-state index in [4.69, 9.17) is 4.74 Å². The second-order valence-electron chi connectivity index (χ2n) is 6.09. The lowest BCUT2D eigenvalue weighted by atomic mass is 9.94. The minimum absolute atomic E-state index is 0.0155. The smallest absolute Gasteiger partial charge is 0.239 e. The number of hydrogen-bond donors (Lipinski definition) is 0. The van der Waals surface area contributed by atoms with Gasteiger partial charge < -0.3 is 9.64 Å². The lowest BCUT2D eigenvalue weighted by Crippen LogP contribution is -2.53. The van der Waals surface area contributed by atoms with Crippen LogP contribution >= 0.6 is 0 Å². The maximum atomic E-state index is 12.6. The molecule has 0 bridgehead atoms. The van der Waals surface area contributed by atoms with Crippen LogP contribution in [-0.4, -0.2) is 60.6 Å². The summed E-state index contributed by atoms with van der Waals surface area (Å²) in [4.78, 5) is 16.9. The van der Waals surface area contributed by atoms with Crippen molar-refractivity contribution in [3.05, 3.63) is 0 Å². The minimum atomic E-state index is -0.0155. The molecule has 1 amide bonds. The number of amides is 1. The molecule has 2 fully saturated rings. The third-order valence-electron chi connectivity index (χ3n) is 4.65. The van der Waals surface area contributed by atoms with E-state index in [0.29, 0.717) is 6.04 Å². The first-order chi connectivity index (χ1) is 9.09. The van der Waals surface area contributed by atoms with E-state index in [-0.39, 0.29) is 18.1 Å². The van der Waals surface area contributed by atoms with Crippen molar-refractivity contribution in [3.63, 3.8) is 0 Å². The van der Waals surface area contributed by atoms with E-state index < -0.39 is 0 Å². The van der Waals surface area contributed by atoms with Crippen LogP contribution in [0, 0.1) is 0 Å². The quantitative estimate of drug-likeness (QED) is 0.783. The molecule has 1 heterocycles. The average Bonchev–Trinajstić information content (AvgIpc) is 2.46. The van der Waals surface area contributed by atoms with Gasteiger partial charge in [0.1, 0.15) is 0 Å². The lowest BCUT2D eigenvalue weighted by Gasteiger charge is -2.39. The number of carbonyl (C=O) groups excluding carboxylic acids is 1. The van der Waals surface area contributed by atoms with Crippen LogP contribution in [0.5, 0.6) is 0 Å². The van der Waals surface area contributed by atoms with Gasteiger partial charge in [0, 0.05) is 26.2 Å². The Bertz CT molecular complexity index is 303. The molecule has 1 aliphatic carbocycles. The van der Waals surface area contributed by atoms with Crippen LogP contribution in [0.3, 0.4) is 0 Å². The van der Waals surface area contributed by atoms with E-state index in [0.717, 1.165) is 19.7 Å². The third-order valence-corrected chi connectivity index (χ3v) is 4.65. The molecule has 1 aliphatic heterocycles. The molecule has 2 unspecified atom stereocenters. The van der Waals surface area contributed by atoms with Gasteiger partial charge in [0.2, 0.25) is 5.91 Å². The van der Waals surface area contributed by atoms with Crippen molar-refractivity contribution in [3.8, 4) is 0 Å². The van der Waals surface area contributed by atoms with Crippen LogP contribution in [0.15, 0.2) is 0 Å². The molecule has 2 aliphatic rings. The van der Waals surface area contributed by atoms with Crippen molar-refractivity contribution < 1.29 is 9.53 Å². The van der Waals surface area contributed by atoms with E-state index in [1.165, 1.54) is 32.1 Å². The van der Waals surface area contributed by atoms with Crippen molar-refractivity contribution in [2.75, 3.05) is 26.7 Å². The number of nitrogens with zero attached hydrogens (tertiary/aromatic N) is 2. The zero-order chi connectivity index (χ0) is 13.8. The molecule has 2 rings (SSSR count). The van der Waals surface area contributed by atoms with Crippen LogP contribution in [0.1, 0.15) is 46.0 Å². The molecule has 0 aromatic carbocycles. The summed E-state index contributed by atoms with van der Waals surface area (Å²) in [5.74, 6) is 0.279. The fourth-order valence-corrected chi connectivity index (χ4v) is 3.30. The Morgan fingerprint density at radius 3 is 2.63 bits per heavy atom. The highest BCUT2D eigenvalue weighted by atomic mass is 16.5. The monoisotopic (exact) mass is 268 g/mol. The SMILES string of the molecule is CC1CN(C(C)C(=O)N(C)C2CCCCC2)CCO1. The molecule has 4 nitrogen and oxygen atoms in total. The van der Waals surface area contributed by atoms with Gasteiger partial charge in [-0.3, -0.25) is 9.69 Å². The first-order valence-corrected chi connectivity index (χ1v) is 7.72. The van der Waals surface area contributed by atoms with Crippen molar-refractivity contribution in [1.82, 2.24) is 9.80 Å². The summed E-state index contributed by atoms with van der Waals surface area (Å²) in [6.07, 6.45) is 6.46. The summed E-state index contributed by atoms with van der Waals surface area (Å²) in [5.41, 5.74) is 0. The molecule has 4 heteroatoms. The van der Waals surface area contributed by atoms with E-state index >= 15 is 0 Å². The fourth-order valence-electron chi connectivity index (χ4n) is 3.30. The topological polar surface area (TPSA) is 32.8 Å². The predicted molar refractivity (Wildman–Crippen MR) is 76.1 cm³/mol. The zero-order valence-corrected chi connectivity index (χ0v) is 12.6. The molecule has 0 N–H and O–H groups in total. The first kappa shape index (κ1) is 14.8. The van der Waals surface area contributed by atoms with Crippen molar-refractivity contribution in [2.24, 2.45) is 0 Å². The normalized spacial score (nSPS) is 28.1. The van der Waals surface area contributed by atoms with Gasteiger partial charge in [-0.1, -0.05) is 19.3 Å². The molecule has 2 atom stereocenters. The Labute approximate surface area is 117 Å². The molecule has 0 spiro atoms. The highest BCUT2D eigenvalue weighted by molar-refractivity contribution is 5.81. The second kappa shape index (κ2) is 6.71. The van der Waals surface area contributed by atoms with Crippen LogP contribution in [0.25, 0.3) is 0 Å². The molecule has 1 saturated heterocycles. The summed E-state index contributed by atoms with van der Waals surface area (Å²) >= 11 is 0. The molecule has 0 aromatic heterocycles. The number of rotatable bonds is 3. The maximum Gasteiger partial charge on any atom is 0.239 e. The Kier molecular flexibility index (Phi) is 5.22. The Morgan fingerprint density at radius 2 is 2.00 bits per heavy atom. The van der Waals surface area contributed by atoms with Crippen molar-refractivity contribution in [1.29, 1.82) is 0 Å². The standard InChI is InChI=1S/C15H28N2O2/c1-12-11-17(9-10-19-12)13(2)15(18)16(3)14-7-5-4-6-8-14/h12-14H,4-11H2,1-3H3. The van der Waals surface area contributed by atoms with E-state index in [1.807, 2.05) is 18.9 Å².